The number of ether oxygens (including phenoxy) is 1. The monoisotopic (exact) mass is 301 g/mol. The largest absolute Gasteiger partial charge is 0.493 e. The van der Waals surface area contributed by atoms with Crippen molar-refractivity contribution in [3.8, 4) is 5.75 Å². The molecule has 1 saturated carbocycles. The number of thiophene rings is 1. The Kier molecular flexibility index (Phi) is 3.34. The SMILES string of the molecule is O=C(NCCc1csc2ccc3c(c12)CCCO3)C1CC1. The van der Waals surface area contributed by atoms with Crippen LogP contribution in [0.3, 0.4) is 0 Å². The zero-order valence-electron chi connectivity index (χ0n) is 12.0. The molecule has 0 atom stereocenters. The standard InChI is InChI=1S/C17H19NO2S/c19-17(11-3-4-11)18-8-7-12-10-21-15-6-5-14-13(16(12)15)2-1-9-20-14/h5-6,10-11H,1-4,7-9H2,(H,18,19). The highest BCUT2D eigenvalue weighted by atomic mass is 32.1. The molecule has 1 aliphatic carbocycles. The minimum Gasteiger partial charge on any atom is -0.493 e. The molecule has 2 heterocycles. The van der Waals surface area contributed by atoms with Gasteiger partial charge in [-0.3, -0.25) is 4.79 Å². The fraction of sp³-hybridized carbons (Fsp3) is 0.471. The van der Waals surface area contributed by atoms with Crippen molar-refractivity contribution < 1.29 is 9.53 Å². The van der Waals surface area contributed by atoms with Gasteiger partial charge in [0.2, 0.25) is 5.91 Å². The van der Waals surface area contributed by atoms with Crippen LogP contribution in [0.2, 0.25) is 0 Å². The van der Waals surface area contributed by atoms with Gasteiger partial charge < -0.3 is 10.1 Å². The highest BCUT2D eigenvalue weighted by molar-refractivity contribution is 7.17. The molecule has 1 amide bonds. The molecule has 1 N–H and O–H groups in total. The second-order valence-corrected chi connectivity index (χ2v) is 6.85. The zero-order valence-corrected chi connectivity index (χ0v) is 12.8. The number of hydrogen-bond donors (Lipinski definition) is 1. The van der Waals surface area contributed by atoms with Gasteiger partial charge in [0.05, 0.1) is 6.61 Å². The number of benzene rings is 1. The summed E-state index contributed by atoms with van der Waals surface area (Å²) in [7, 11) is 0. The summed E-state index contributed by atoms with van der Waals surface area (Å²) in [6.45, 7) is 1.57. The molecule has 1 aromatic carbocycles. The molecule has 110 valence electrons. The zero-order chi connectivity index (χ0) is 14.2. The average Bonchev–Trinajstić information content (AvgIpc) is 3.29. The first-order valence-electron chi connectivity index (χ1n) is 7.75. The Morgan fingerprint density at radius 2 is 2.29 bits per heavy atom. The van der Waals surface area contributed by atoms with Crippen molar-refractivity contribution in [1.82, 2.24) is 5.32 Å². The fourth-order valence-electron chi connectivity index (χ4n) is 3.06. The molecule has 0 saturated heterocycles. The van der Waals surface area contributed by atoms with Crippen LogP contribution in [0.15, 0.2) is 17.5 Å². The number of amides is 1. The molecule has 4 rings (SSSR count). The van der Waals surface area contributed by atoms with Gasteiger partial charge in [-0.15, -0.1) is 11.3 Å². The molecule has 3 nitrogen and oxygen atoms in total. The van der Waals surface area contributed by atoms with Crippen LogP contribution in [0.4, 0.5) is 0 Å². The van der Waals surface area contributed by atoms with Crippen molar-refractivity contribution in [1.29, 1.82) is 0 Å². The third-order valence-corrected chi connectivity index (χ3v) is 5.35. The van der Waals surface area contributed by atoms with Crippen molar-refractivity contribution in [2.45, 2.75) is 32.1 Å². The normalized spacial score (nSPS) is 17.3. The van der Waals surface area contributed by atoms with E-state index in [-0.39, 0.29) is 5.91 Å². The Balaban J connectivity index is 1.55. The molecule has 2 aromatic rings. The van der Waals surface area contributed by atoms with E-state index in [1.807, 2.05) is 0 Å². The first-order chi connectivity index (χ1) is 10.3. The van der Waals surface area contributed by atoms with E-state index < -0.39 is 0 Å². The topological polar surface area (TPSA) is 38.3 Å². The summed E-state index contributed by atoms with van der Waals surface area (Å²) in [4.78, 5) is 11.7. The Morgan fingerprint density at radius 1 is 1.38 bits per heavy atom. The predicted octanol–water partition coefficient (Wildman–Crippen LogP) is 3.30. The molecule has 2 aliphatic rings. The molecule has 1 fully saturated rings. The van der Waals surface area contributed by atoms with E-state index in [0.717, 1.165) is 51.0 Å². The van der Waals surface area contributed by atoms with Gasteiger partial charge in [-0.05, 0) is 55.2 Å². The second-order valence-electron chi connectivity index (χ2n) is 5.94. The van der Waals surface area contributed by atoms with Crippen LogP contribution in [-0.2, 0) is 17.6 Å². The minimum absolute atomic E-state index is 0.236. The minimum atomic E-state index is 0.236. The molecular formula is C17H19NO2S. The predicted molar refractivity (Wildman–Crippen MR) is 85.1 cm³/mol. The van der Waals surface area contributed by atoms with Crippen LogP contribution < -0.4 is 10.1 Å². The van der Waals surface area contributed by atoms with Crippen molar-refractivity contribution >= 4 is 27.3 Å². The molecule has 21 heavy (non-hydrogen) atoms. The highest BCUT2D eigenvalue weighted by Crippen LogP contribution is 2.37. The van der Waals surface area contributed by atoms with Gasteiger partial charge in [-0.2, -0.15) is 0 Å². The van der Waals surface area contributed by atoms with E-state index in [4.69, 9.17) is 4.74 Å². The van der Waals surface area contributed by atoms with Crippen LogP contribution >= 0.6 is 11.3 Å². The summed E-state index contributed by atoms with van der Waals surface area (Å²) < 4.78 is 7.11. The van der Waals surface area contributed by atoms with Gasteiger partial charge in [0.15, 0.2) is 0 Å². The molecule has 4 heteroatoms. The van der Waals surface area contributed by atoms with Gasteiger partial charge >= 0.3 is 0 Å². The maximum absolute atomic E-state index is 11.7. The summed E-state index contributed by atoms with van der Waals surface area (Å²) >= 11 is 1.80. The average molecular weight is 301 g/mol. The number of aryl methyl sites for hydroxylation is 1. The molecule has 0 unspecified atom stereocenters. The lowest BCUT2D eigenvalue weighted by Gasteiger charge is -2.18. The summed E-state index contributed by atoms with van der Waals surface area (Å²) in [5, 5.41) is 6.67. The van der Waals surface area contributed by atoms with Crippen molar-refractivity contribution in [3.05, 3.63) is 28.6 Å². The summed E-state index contributed by atoms with van der Waals surface area (Å²) in [5.41, 5.74) is 2.72. The van der Waals surface area contributed by atoms with E-state index >= 15 is 0 Å². The van der Waals surface area contributed by atoms with E-state index in [2.05, 4.69) is 22.8 Å². The first-order valence-corrected chi connectivity index (χ1v) is 8.63. The molecule has 0 spiro atoms. The Bertz CT molecular complexity index is 687. The fourth-order valence-corrected chi connectivity index (χ4v) is 4.08. The van der Waals surface area contributed by atoms with Crippen LogP contribution in [-0.4, -0.2) is 19.1 Å². The van der Waals surface area contributed by atoms with E-state index in [0.29, 0.717) is 5.92 Å². The van der Waals surface area contributed by atoms with Crippen molar-refractivity contribution in [3.63, 3.8) is 0 Å². The molecule has 1 aliphatic heterocycles. The maximum Gasteiger partial charge on any atom is 0.223 e. The Hall–Kier alpha value is -1.55. The maximum atomic E-state index is 11.7. The summed E-state index contributed by atoms with van der Waals surface area (Å²) in [6.07, 6.45) is 5.25. The number of nitrogens with one attached hydrogen (secondary N) is 1. The molecular weight excluding hydrogens is 282 g/mol. The van der Waals surface area contributed by atoms with Crippen molar-refractivity contribution in [2.24, 2.45) is 5.92 Å². The Morgan fingerprint density at radius 3 is 3.14 bits per heavy atom. The summed E-state index contributed by atoms with van der Waals surface area (Å²) in [5.74, 6) is 1.58. The molecule has 1 aromatic heterocycles. The van der Waals surface area contributed by atoms with Gasteiger partial charge in [0.25, 0.3) is 0 Å². The van der Waals surface area contributed by atoms with Crippen LogP contribution in [0, 0.1) is 5.92 Å². The quantitative estimate of drug-likeness (QED) is 0.941. The van der Waals surface area contributed by atoms with Crippen LogP contribution in [0.5, 0.6) is 5.75 Å². The third kappa shape index (κ3) is 2.53. The van der Waals surface area contributed by atoms with E-state index in [9.17, 15) is 4.79 Å². The third-order valence-electron chi connectivity index (χ3n) is 4.35. The van der Waals surface area contributed by atoms with E-state index in [1.54, 1.807) is 11.3 Å². The number of hydrogen-bond acceptors (Lipinski definition) is 3. The van der Waals surface area contributed by atoms with E-state index in [1.165, 1.54) is 21.2 Å². The lowest BCUT2D eigenvalue weighted by molar-refractivity contribution is -0.122. The van der Waals surface area contributed by atoms with Crippen molar-refractivity contribution in [2.75, 3.05) is 13.2 Å². The van der Waals surface area contributed by atoms with Gasteiger partial charge in [0, 0.05) is 28.1 Å². The van der Waals surface area contributed by atoms with Gasteiger partial charge in [-0.25, -0.2) is 0 Å². The molecule has 0 radical (unpaired) electrons. The Labute approximate surface area is 128 Å². The number of fused-ring (bicyclic) bond motifs is 3. The number of carbonyl (C=O) groups is 1. The number of carbonyl (C=O) groups excluding carboxylic acids is 1. The molecule has 0 bridgehead atoms. The van der Waals surface area contributed by atoms with Crippen LogP contribution in [0.25, 0.3) is 10.1 Å². The lowest BCUT2D eigenvalue weighted by atomic mass is 9.98. The van der Waals surface area contributed by atoms with Gasteiger partial charge in [0.1, 0.15) is 5.75 Å². The smallest absolute Gasteiger partial charge is 0.223 e. The van der Waals surface area contributed by atoms with Crippen LogP contribution in [0.1, 0.15) is 30.4 Å². The lowest BCUT2D eigenvalue weighted by Crippen LogP contribution is -2.26. The first kappa shape index (κ1) is 13.1. The summed E-state index contributed by atoms with van der Waals surface area (Å²) in [6, 6.07) is 4.27. The van der Waals surface area contributed by atoms with Gasteiger partial charge in [-0.1, -0.05) is 0 Å². The number of rotatable bonds is 4. The highest BCUT2D eigenvalue weighted by Gasteiger charge is 2.29. The second kappa shape index (κ2) is 5.34.